The van der Waals surface area contributed by atoms with E-state index in [9.17, 15) is 0 Å². The minimum absolute atomic E-state index is 0.489. The number of halogens is 1. The Kier molecular flexibility index (Phi) is 5.82. The number of benzene rings is 1. The van der Waals surface area contributed by atoms with E-state index < -0.39 is 0 Å². The van der Waals surface area contributed by atoms with Gasteiger partial charge in [0.15, 0.2) is 0 Å². The maximum Gasteiger partial charge on any atom is 0.0412 e. The fourth-order valence-electron chi connectivity index (χ4n) is 2.21. The lowest BCUT2D eigenvalue weighted by Crippen LogP contribution is -2.20. The van der Waals surface area contributed by atoms with Crippen LogP contribution < -0.4 is 5.32 Å². The van der Waals surface area contributed by atoms with E-state index in [1.165, 1.54) is 31.8 Å². The molecule has 1 heterocycles. The van der Waals surface area contributed by atoms with Gasteiger partial charge in [-0.1, -0.05) is 41.9 Å². The molecule has 108 valence electrons. The Balaban J connectivity index is 2.20. The number of hydrogen-bond donors (Lipinski definition) is 1. The van der Waals surface area contributed by atoms with Gasteiger partial charge in [0, 0.05) is 20.3 Å². The minimum atomic E-state index is 0.489. The first-order valence-corrected chi connectivity index (χ1v) is 8.86. The summed E-state index contributed by atoms with van der Waals surface area (Å²) in [6.07, 6.45) is 2.32. The Morgan fingerprint density at radius 1 is 1.20 bits per heavy atom. The Bertz CT molecular complexity index is 562. The molecular formula is C17H22BrNS. The first kappa shape index (κ1) is 15.7. The molecular weight excluding hydrogens is 330 g/mol. The van der Waals surface area contributed by atoms with Crippen LogP contribution in [0.3, 0.4) is 0 Å². The van der Waals surface area contributed by atoms with Gasteiger partial charge in [0.25, 0.3) is 0 Å². The van der Waals surface area contributed by atoms with E-state index in [0.717, 1.165) is 13.0 Å². The van der Waals surface area contributed by atoms with E-state index >= 15 is 0 Å². The fourth-order valence-corrected chi connectivity index (χ4v) is 3.75. The smallest absolute Gasteiger partial charge is 0.0412 e. The van der Waals surface area contributed by atoms with Crippen LogP contribution in [-0.2, 0) is 0 Å². The van der Waals surface area contributed by atoms with Crippen molar-refractivity contribution in [1.82, 2.24) is 5.32 Å². The molecule has 0 fully saturated rings. The maximum atomic E-state index is 3.62. The van der Waals surface area contributed by atoms with Gasteiger partial charge in [-0.2, -0.15) is 0 Å². The van der Waals surface area contributed by atoms with Crippen molar-refractivity contribution < 1.29 is 0 Å². The number of rotatable bonds is 6. The highest BCUT2D eigenvalue weighted by atomic mass is 79.9. The zero-order valence-electron chi connectivity index (χ0n) is 12.4. The molecule has 0 amide bonds. The van der Waals surface area contributed by atoms with E-state index in [1.807, 2.05) is 11.3 Å². The average Bonchev–Trinajstić information content (AvgIpc) is 2.92. The summed E-state index contributed by atoms with van der Waals surface area (Å²) < 4.78 is 1.18. The summed E-state index contributed by atoms with van der Waals surface area (Å²) in [7, 11) is 0. The van der Waals surface area contributed by atoms with Gasteiger partial charge in [0.05, 0.1) is 0 Å². The molecule has 1 nitrogen and oxygen atoms in total. The quantitative estimate of drug-likeness (QED) is 0.679. The summed E-state index contributed by atoms with van der Waals surface area (Å²) in [4.78, 5) is 2.78. The second kappa shape index (κ2) is 7.39. The van der Waals surface area contributed by atoms with Crippen molar-refractivity contribution in [1.29, 1.82) is 0 Å². The summed E-state index contributed by atoms with van der Waals surface area (Å²) >= 11 is 5.52. The third-order valence-electron chi connectivity index (χ3n) is 3.48. The van der Waals surface area contributed by atoms with Crippen LogP contribution >= 0.6 is 27.3 Å². The van der Waals surface area contributed by atoms with E-state index in [-0.39, 0.29) is 0 Å². The van der Waals surface area contributed by atoms with Crippen LogP contribution in [0.15, 0.2) is 34.8 Å². The van der Waals surface area contributed by atoms with Crippen LogP contribution in [0, 0.1) is 6.92 Å². The van der Waals surface area contributed by atoms with Gasteiger partial charge in [-0.15, -0.1) is 11.3 Å². The third-order valence-corrected chi connectivity index (χ3v) is 5.58. The van der Waals surface area contributed by atoms with Crippen molar-refractivity contribution in [3.8, 4) is 10.4 Å². The second-order valence-corrected chi connectivity index (χ2v) is 7.05. The monoisotopic (exact) mass is 351 g/mol. The van der Waals surface area contributed by atoms with Crippen LogP contribution in [0.25, 0.3) is 10.4 Å². The lowest BCUT2D eigenvalue weighted by Gasteiger charge is -2.14. The Morgan fingerprint density at radius 3 is 2.65 bits per heavy atom. The van der Waals surface area contributed by atoms with Crippen molar-refractivity contribution in [3.05, 3.63) is 45.2 Å². The molecule has 0 aliphatic rings. The van der Waals surface area contributed by atoms with Crippen molar-refractivity contribution >= 4 is 27.3 Å². The van der Waals surface area contributed by atoms with E-state index in [4.69, 9.17) is 0 Å². The Labute approximate surface area is 134 Å². The topological polar surface area (TPSA) is 12.0 Å². The molecule has 2 aromatic rings. The second-order valence-electron chi connectivity index (χ2n) is 5.08. The molecule has 0 saturated heterocycles. The number of hydrogen-bond acceptors (Lipinski definition) is 2. The summed E-state index contributed by atoms with van der Waals surface area (Å²) in [5.74, 6) is 0. The lowest BCUT2D eigenvalue weighted by atomic mass is 10.1. The molecule has 0 aliphatic heterocycles. The van der Waals surface area contributed by atoms with E-state index in [1.54, 1.807) is 0 Å². The predicted octanol–water partition coefficient (Wildman–Crippen LogP) is 5.94. The Hall–Kier alpha value is -0.640. The molecule has 1 N–H and O–H groups in total. The van der Waals surface area contributed by atoms with Gasteiger partial charge in [-0.25, -0.2) is 0 Å². The van der Waals surface area contributed by atoms with Crippen LogP contribution in [-0.4, -0.2) is 6.54 Å². The van der Waals surface area contributed by atoms with Gasteiger partial charge in [0.1, 0.15) is 0 Å². The van der Waals surface area contributed by atoms with Crippen LogP contribution in [0.2, 0.25) is 0 Å². The molecule has 1 atom stereocenters. The molecule has 0 saturated carbocycles. The summed E-state index contributed by atoms with van der Waals surface area (Å²) in [5, 5.41) is 3.62. The van der Waals surface area contributed by atoms with Gasteiger partial charge in [0.2, 0.25) is 0 Å². The van der Waals surface area contributed by atoms with Crippen molar-refractivity contribution in [2.24, 2.45) is 0 Å². The first-order valence-electron chi connectivity index (χ1n) is 7.25. The summed E-state index contributed by atoms with van der Waals surface area (Å²) in [5.41, 5.74) is 2.57. The number of nitrogens with one attached hydrogen (secondary N) is 1. The summed E-state index contributed by atoms with van der Waals surface area (Å²) in [6.45, 7) is 7.66. The SMILES string of the molecule is CCCNC(CC)c1ccc(-c2ccc(C)c(Br)c2)s1. The van der Waals surface area contributed by atoms with Gasteiger partial charge >= 0.3 is 0 Å². The molecule has 1 aromatic carbocycles. The lowest BCUT2D eigenvalue weighted by molar-refractivity contribution is 0.525. The van der Waals surface area contributed by atoms with Crippen LogP contribution in [0.4, 0.5) is 0 Å². The highest BCUT2D eigenvalue weighted by molar-refractivity contribution is 9.10. The first-order chi connectivity index (χ1) is 9.65. The standard InChI is InChI=1S/C17H22BrNS/c1-4-10-19-15(5-2)17-9-8-16(20-17)13-7-6-12(3)14(18)11-13/h6-9,11,15,19H,4-5,10H2,1-3H3. The largest absolute Gasteiger partial charge is 0.309 e. The van der Waals surface area contributed by atoms with E-state index in [2.05, 4.69) is 72.3 Å². The zero-order chi connectivity index (χ0) is 14.5. The normalized spacial score (nSPS) is 12.6. The number of thiophene rings is 1. The van der Waals surface area contributed by atoms with Gasteiger partial charge < -0.3 is 5.32 Å². The van der Waals surface area contributed by atoms with Crippen LogP contribution in [0.5, 0.6) is 0 Å². The van der Waals surface area contributed by atoms with Gasteiger partial charge in [-0.3, -0.25) is 0 Å². The van der Waals surface area contributed by atoms with Crippen LogP contribution in [0.1, 0.15) is 43.2 Å². The molecule has 0 spiro atoms. The average molecular weight is 352 g/mol. The van der Waals surface area contributed by atoms with Gasteiger partial charge in [-0.05, 0) is 55.6 Å². The molecule has 0 radical (unpaired) electrons. The molecule has 3 heteroatoms. The zero-order valence-corrected chi connectivity index (χ0v) is 14.8. The molecule has 20 heavy (non-hydrogen) atoms. The highest BCUT2D eigenvalue weighted by Crippen LogP contribution is 2.34. The van der Waals surface area contributed by atoms with Crippen molar-refractivity contribution in [2.45, 2.75) is 39.7 Å². The van der Waals surface area contributed by atoms with E-state index in [0.29, 0.717) is 6.04 Å². The molecule has 0 bridgehead atoms. The maximum absolute atomic E-state index is 3.62. The van der Waals surface area contributed by atoms with Crippen molar-refractivity contribution in [3.63, 3.8) is 0 Å². The number of aryl methyl sites for hydroxylation is 1. The molecule has 1 aromatic heterocycles. The summed E-state index contributed by atoms with van der Waals surface area (Å²) in [6, 6.07) is 11.6. The molecule has 2 rings (SSSR count). The van der Waals surface area contributed by atoms with Crippen molar-refractivity contribution in [2.75, 3.05) is 6.54 Å². The predicted molar refractivity (Wildman–Crippen MR) is 93.5 cm³/mol. The fraction of sp³-hybridized carbons (Fsp3) is 0.412. The molecule has 0 aliphatic carbocycles. The molecule has 1 unspecified atom stereocenters. The highest BCUT2D eigenvalue weighted by Gasteiger charge is 2.12. The minimum Gasteiger partial charge on any atom is -0.309 e. The Morgan fingerprint density at radius 2 is 2.00 bits per heavy atom. The third kappa shape index (κ3) is 3.72.